The highest BCUT2D eigenvalue weighted by Crippen LogP contribution is 1.69. The van der Waals surface area contributed by atoms with Crippen molar-refractivity contribution in [2.45, 2.75) is 6.92 Å². The van der Waals surface area contributed by atoms with Gasteiger partial charge in [-0.2, -0.15) is 0 Å². The van der Waals surface area contributed by atoms with Gasteiger partial charge >= 0.3 is 5.97 Å². The van der Waals surface area contributed by atoms with E-state index in [0.717, 1.165) is 6.92 Å². The van der Waals surface area contributed by atoms with Gasteiger partial charge in [0, 0.05) is 12.5 Å². The Labute approximate surface area is 34.6 Å². The van der Waals surface area contributed by atoms with Crippen molar-refractivity contribution >= 4 is 5.97 Å². The highest BCUT2D eigenvalue weighted by Gasteiger charge is 1.83. The first-order valence-corrected chi connectivity index (χ1v) is 1.29. The number of hydrogen-bond acceptors (Lipinski definition) is 3. The molecule has 0 aliphatic rings. The second kappa shape index (κ2) is 2.32. The number of carbonyl (C=O) groups is 1. The van der Waals surface area contributed by atoms with E-state index in [9.17, 15) is 4.79 Å². The summed E-state index contributed by atoms with van der Waals surface area (Å²) in [6.45, 7) is 1.14. The van der Waals surface area contributed by atoms with E-state index in [1.807, 2.05) is 0 Å². The lowest BCUT2D eigenvalue weighted by molar-refractivity contribution is -0.141. The molecule has 0 saturated heterocycles. The molecule has 1 radical (unpaired) electrons. The van der Waals surface area contributed by atoms with Crippen LogP contribution in [0.1, 0.15) is 6.92 Å². The predicted octanol–water partition coefficient (Wildman–Crippen LogP) is -0.283. The summed E-state index contributed by atoms with van der Waals surface area (Å²) < 4.78 is 0. The third-order valence-corrected chi connectivity index (χ3v) is 0.169. The minimum Gasteiger partial charge on any atom is -0.299 e. The van der Waals surface area contributed by atoms with Crippen molar-refractivity contribution in [3.8, 4) is 0 Å². The molecular formula is C2H3N2O2. The Kier molecular flexibility index (Phi) is 1.96. The topological polar surface area (TPSA) is 61.0 Å². The van der Waals surface area contributed by atoms with E-state index >= 15 is 0 Å². The summed E-state index contributed by atoms with van der Waals surface area (Å²) in [4.78, 5) is 13.2. The maximum absolute atomic E-state index is 9.57. The van der Waals surface area contributed by atoms with E-state index in [4.69, 9.17) is 5.53 Å². The Morgan fingerprint density at radius 1 is 2.00 bits per heavy atom. The van der Waals surface area contributed by atoms with Crippen molar-refractivity contribution in [1.82, 2.24) is 5.53 Å². The summed E-state index contributed by atoms with van der Waals surface area (Å²) in [5, 5.41) is 2.09. The monoisotopic (exact) mass is 87.0 g/mol. The molecule has 0 unspecified atom stereocenters. The van der Waals surface area contributed by atoms with E-state index in [1.54, 1.807) is 0 Å². The highest BCUT2D eigenvalue weighted by molar-refractivity contribution is 5.65. The zero-order valence-corrected chi connectivity index (χ0v) is 3.21. The van der Waals surface area contributed by atoms with Crippen LogP contribution >= 0.6 is 0 Å². The fourth-order valence-corrected chi connectivity index (χ4v) is 0.0575. The van der Waals surface area contributed by atoms with Crippen LogP contribution in [0, 0.1) is 0 Å². The molecule has 33 valence electrons. The normalized spacial score (nSPS) is 6.83. The molecule has 0 aromatic rings. The van der Waals surface area contributed by atoms with Crippen molar-refractivity contribution in [1.29, 1.82) is 0 Å². The molecule has 0 amide bonds. The first kappa shape index (κ1) is 5.07. The van der Waals surface area contributed by atoms with Gasteiger partial charge in [-0.3, -0.25) is 4.84 Å². The first-order valence-electron chi connectivity index (χ1n) is 1.29. The van der Waals surface area contributed by atoms with Crippen LogP contribution in [0.25, 0.3) is 0 Å². The maximum Gasteiger partial charge on any atom is 0.334 e. The molecule has 0 aliphatic heterocycles. The summed E-state index contributed by atoms with van der Waals surface area (Å²) in [5.74, 6) is -0.627. The average molecular weight is 87.1 g/mol. The zero-order chi connectivity index (χ0) is 4.99. The van der Waals surface area contributed by atoms with Gasteiger partial charge in [-0.1, -0.05) is 0 Å². The Hall–Kier alpha value is -0.930. The van der Waals surface area contributed by atoms with Crippen molar-refractivity contribution in [2.75, 3.05) is 0 Å². The van der Waals surface area contributed by atoms with E-state index in [-0.39, 0.29) is 0 Å². The number of rotatable bonds is 1. The second-order valence-corrected chi connectivity index (χ2v) is 0.665. The van der Waals surface area contributed by atoms with Crippen molar-refractivity contribution in [3.63, 3.8) is 0 Å². The Balaban J connectivity index is 3.05. The Bertz CT molecular complexity index is 69.9. The largest absolute Gasteiger partial charge is 0.334 e. The Morgan fingerprint density at radius 2 is 2.50 bits per heavy atom. The van der Waals surface area contributed by atoms with Crippen LogP contribution in [0.2, 0.25) is 0 Å². The molecular weight excluding hydrogens is 84.0 g/mol. The van der Waals surface area contributed by atoms with E-state index in [2.05, 4.69) is 10.1 Å². The zero-order valence-electron chi connectivity index (χ0n) is 3.21. The van der Waals surface area contributed by atoms with Gasteiger partial charge in [0.15, 0.2) is 0 Å². The number of carbonyl (C=O) groups excluding carboxylic acids is 1. The van der Waals surface area contributed by atoms with Crippen molar-refractivity contribution < 1.29 is 9.63 Å². The fourth-order valence-electron chi connectivity index (χ4n) is 0.0575. The molecule has 0 aromatic carbocycles. The molecule has 0 fully saturated rings. The smallest absolute Gasteiger partial charge is 0.299 e. The van der Waals surface area contributed by atoms with Gasteiger partial charge in [0.1, 0.15) is 0 Å². The van der Waals surface area contributed by atoms with Gasteiger partial charge < -0.3 is 0 Å². The molecule has 0 atom stereocenters. The van der Waals surface area contributed by atoms with Gasteiger partial charge in [-0.25, -0.2) is 4.79 Å². The van der Waals surface area contributed by atoms with E-state index in [0.29, 0.717) is 0 Å². The first-order chi connectivity index (χ1) is 2.77. The summed E-state index contributed by atoms with van der Waals surface area (Å²) in [5.41, 5.74) is 7.42. The van der Waals surface area contributed by atoms with Crippen LogP contribution in [0.4, 0.5) is 0 Å². The van der Waals surface area contributed by atoms with Gasteiger partial charge in [0.25, 0.3) is 0 Å². The number of hydrogen-bond donors (Lipinski definition) is 0. The molecule has 0 aromatic heterocycles. The summed E-state index contributed by atoms with van der Waals surface area (Å²) >= 11 is 0. The van der Waals surface area contributed by atoms with E-state index in [1.165, 1.54) is 0 Å². The third kappa shape index (κ3) is 3.07. The van der Waals surface area contributed by atoms with Crippen LogP contribution < -0.4 is 5.53 Å². The molecule has 6 heavy (non-hydrogen) atoms. The highest BCUT2D eigenvalue weighted by atomic mass is 16.7. The molecule has 0 bridgehead atoms. The van der Waals surface area contributed by atoms with Crippen LogP contribution in [0.3, 0.4) is 0 Å². The summed E-state index contributed by atoms with van der Waals surface area (Å²) in [7, 11) is 0. The molecule has 0 heterocycles. The van der Waals surface area contributed by atoms with Crippen LogP contribution in [0.15, 0.2) is 5.28 Å². The van der Waals surface area contributed by atoms with Crippen molar-refractivity contribution in [3.05, 3.63) is 0 Å². The molecule has 4 nitrogen and oxygen atoms in total. The van der Waals surface area contributed by atoms with Gasteiger partial charge in [-0.15, -0.1) is 0 Å². The van der Waals surface area contributed by atoms with Crippen LogP contribution in [-0.2, 0) is 9.63 Å². The molecule has 0 N–H and O–H groups in total. The predicted molar refractivity (Wildman–Crippen MR) is 16.3 cm³/mol. The van der Waals surface area contributed by atoms with Gasteiger partial charge in [-0.05, 0) is 0 Å². The SMILES string of the molecule is CC(=O)ON=[N]. The lowest BCUT2D eigenvalue weighted by Crippen LogP contribution is -1.88. The molecule has 0 saturated carbocycles. The van der Waals surface area contributed by atoms with Gasteiger partial charge in [0.2, 0.25) is 0 Å². The second-order valence-electron chi connectivity index (χ2n) is 0.665. The molecule has 0 spiro atoms. The third-order valence-electron chi connectivity index (χ3n) is 0.169. The summed E-state index contributed by atoms with van der Waals surface area (Å²) in [6, 6.07) is 0. The molecule has 0 aliphatic carbocycles. The summed E-state index contributed by atoms with van der Waals surface area (Å²) in [6.07, 6.45) is 0. The lowest BCUT2D eigenvalue weighted by atomic mass is 10.8. The molecule has 0 rings (SSSR count). The van der Waals surface area contributed by atoms with Crippen LogP contribution in [0.5, 0.6) is 0 Å². The Morgan fingerprint density at radius 3 is 2.50 bits per heavy atom. The maximum atomic E-state index is 9.57. The van der Waals surface area contributed by atoms with Gasteiger partial charge in [0.05, 0.1) is 5.28 Å². The average Bonchev–Trinajstić information content (AvgIpc) is 1.35. The standard InChI is InChI=1S/C2H3N2O2/c1-2(5)6-4-3/h1H3. The minimum absolute atomic E-state index is 0.627. The lowest BCUT2D eigenvalue weighted by Gasteiger charge is -1.77. The van der Waals surface area contributed by atoms with Crippen molar-refractivity contribution in [2.24, 2.45) is 5.28 Å². The fraction of sp³-hybridized carbons (Fsp3) is 0.500. The van der Waals surface area contributed by atoms with E-state index < -0.39 is 5.97 Å². The molecule has 4 heteroatoms. The number of nitrogens with zero attached hydrogens (tertiary/aromatic N) is 2. The van der Waals surface area contributed by atoms with Crippen LogP contribution in [-0.4, -0.2) is 5.97 Å². The minimum atomic E-state index is -0.627. The quantitative estimate of drug-likeness (QED) is 0.326.